The molecule has 0 radical (unpaired) electrons. The Kier molecular flexibility index (Phi) is 10.6. The first-order valence-electron chi connectivity index (χ1n) is 20.7. The highest BCUT2D eigenvalue weighted by molar-refractivity contribution is 6.23. The molecule has 3 aromatic carbocycles. The van der Waals surface area contributed by atoms with Crippen LogP contribution in [-0.4, -0.2) is 103 Å². The summed E-state index contributed by atoms with van der Waals surface area (Å²) in [7, 11) is 0. The molecule has 16 heteroatoms. The highest BCUT2D eigenvalue weighted by Crippen LogP contribution is 2.56. The Balaban J connectivity index is 0.815. The number of piperidine rings is 2. The average Bonchev–Trinajstić information content (AvgIpc) is 3.49. The van der Waals surface area contributed by atoms with Gasteiger partial charge in [-0.25, -0.2) is 0 Å². The molecular formula is C45H48F3N7O6. The van der Waals surface area contributed by atoms with Gasteiger partial charge in [-0.2, -0.15) is 18.4 Å². The minimum absolute atomic E-state index is 0.0128. The molecule has 2 N–H and O–H groups in total. The SMILES string of the molecule is CC1(C)C(NC(=O)c2ccc(N3CCN(C4CCN(c5ccc6c(c5)C(=O)N(C5CCC(=O)NC5=O)C6=O)CC4)CC3)cc2)C(C)(C)C1Oc1ccc(C#N)c(C(F)(F)F)c1. The lowest BCUT2D eigenvalue weighted by Gasteiger charge is -2.63. The number of hydrogen-bond acceptors (Lipinski definition) is 10. The number of benzene rings is 3. The van der Waals surface area contributed by atoms with Crippen LogP contribution in [0.25, 0.3) is 0 Å². The normalized spacial score (nSPS) is 24.2. The number of amides is 5. The van der Waals surface area contributed by atoms with Crippen LogP contribution in [0.15, 0.2) is 60.7 Å². The molecule has 1 atom stereocenters. The summed E-state index contributed by atoms with van der Waals surface area (Å²) in [5.41, 5.74) is 0.168. The molecule has 0 aromatic heterocycles. The van der Waals surface area contributed by atoms with Crippen molar-refractivity contribution >= 4 is 40.9 Å². The fraction of sp³-hybridized carbons (Fsp3) is 0.467. The molecule has 0 spiro atoms. The fourth-order valence-corrected chi connectivity index (χ4v) is 10.4. The number of fused-ring (bicyclic) bond motifs is 1. The Bertz CT molecular complexity index is 2310. The van der Waals surface area contributed by atoms with Crippen molar-refractivity contribution in [3.63, 3.8) is 0 Å². The number of halogens is 3. The maximum absolute atomic E-state index is 13.6. The van der Waals surface area contributed by atoms with E-state index >= 15 is 0 Å². The highest BCUT2D eigenvalue weighted by Gasteiger charge is 2.64. The van der Waals surface area contributed by atoms with Crippen molar-refractivity contribution in [2.24, 2.45) is 10.8 Å². The first-order chi connectivity index (χ1) is 28.9. The first kappa shape index (κ1) is 41.8. The van der Waals surface area contributed by atoms with E-state index < -0.39 is 63.9 Å². The molecular weight excluding hydrogens is 792 g/mol. The van der Waals surface area contributed by atoms with Crippen LogP contribution in [0, 0.1) is 22.2 Å². The van der Waals surface area contributed by atoms with Gasteiger partial charge in [-0.3, -0.25) is 39.1 Å². The number of alkyl halides is 3. The molecule has 320 valence electrons. The van der Waals surface area contributed by atoms with Crippen molar-refractivity contribution in [3.05, 3.63) is 88.5 Å². The first-order valence-corrected chi connectivity index (χ1v) is 20.7. The van der Waals surface area contributed by atoms with Crippen LogP contribution in [-0.2, 0) is 15.8 Å². The van der Waals surface area contributed by atoms with E-state index in [0.29, 0.717) is 11.6 Å². The number of carbonyl (C=O) groups excluding carboxylic acids is 5. The Hall–Kier alpha value is -5.95. The van der Waals surface area contributed by atoms with Crippen LogP contribution in [0.4, 0.5) is 24.5 Å². The quantitative estimate of drug-likeness (QED) is 0.283. The molecule has 1 saturated carbocycles. The third-order valence-corrected chi connectivity index (χ3v) is 13.4. The van der Waals surface area contributed by atoms with Gasteiger partial charge in [-0.05, 0) is 79.9 Å². The summed E-state index contributed by atoms with van der Waals surface area (Å²) in [4.78, 5) is 72.1. The summed E-state index contributed by atoms with van der Waals surface area (Å²) >= 11 is 0. The monoisotopic (exact) mass is 839 g/mol. The van der Waals surface area contributed by atoms with Gasteiger partial charge in [-0.15, -0.1) is 0 Å². The van der Waals surface area contributed by atoms with Crippen molar-refractivity contribution < 1.29 is 41.9 Å². The van der Waals surface area contributed by atoms with Crippen molar-refractivity contribution in [1.29, 1.82) is 5.26 Å². The van der Waals surface area contributed by atoms with E-state index in [4.69, 9.17) is 10.00 Å². The molecule has 1 aliphatic carbocycles. The van der Waals surface area contributed by atoms with Gasteiger partial charge in [-0.1, -0.05) is 27.7 Å². The van der Waals surface area contributed by atoms with E-state index in [1.165, 1.54) is 6.07 Å². The third-order valence-electron chi connectivity index (χ3n) is 13.4. The second kappa shape index (κ2) is 15.5. The lowest BCUT2D eigenvalue weighted by atomic mass is 9.49. The Morgan fingerprint density at radius 1 is 0.803 bits per heavy atom. The van der Waals surface area contributed by atoms with Crippen LogP contribution in [0.3, 0.4) is 0 Å². The van der Waals surface area contributed by atoms with Gasteiger partial charge in [0.15, 0.2) is 0 Å². The summed E-state index contributed by atoms with van der Waals surface area (Å²) in [5.74, 6) is -2.30. The number of ether oxygens (including phenoxy) is 1. The van der Waals surface area contributed by atoms with Crippen LogP contribution >= 0.6 is 0 Å². The van der Waals surface area contributed by atoms with E-state index in [9.17, 15) is 37.1 Å². The number of anilines is 2. The molecule has 4 fully saturated rings. The topological polar surface area (TPSA) is 155 Å². The summed E-state index contributed by atoms with van der Waals surface area (Å²) in [6, 6.07) is 16.8. The molecule has 3 saturated heterocycles. The Labute approximate surface area is 351 Å². The summed E-state index contributed by atoms with van der Waals surface area (Å²) < 4.78 is 46.9. The molecule has 8 rings (SSSR count). The van der Waals surface area contributed by atoms with Gasteiger partial charge >= 0.3 is 6.18 Å². The Morgan fingerprint density at radius 2 is 1.43 bits per heavy atom. The number of nitriles is 1. The van der Waals surface area contributed by atoms with Crippen LogP contribution in [0.1, 0.15) is 95.6 Å². The molecule has 5 amide bonds. The molecule has 0 bridgehead atoms. The number of piperazine rings is 1. The number of nitrogens with one attached hydrogen (secondary N) is 2. The van der Waals surface area contributed by atoms with E-state index in [0.717, 1.165) is 80.5 Å². The minimum Gasteiger partial charge on any atom is -0.489 e. The molecule has 4 aliphatic heterocycles. The van der Waals surface area contributed by atoms with Gasteiger partial charge in [0.2, 0.25) is 11.8 Å². The van der Waals surface area contributed by atoms with Gasteiger partial charge < -0.3 is 19.9 Å². The molecule has 5 aliphatic rings. The van der Waals surface area contributed by atoms with Crippen molar-refractivity contribution in [1.82, 2.24) is 20.4 Å². The number of nitrogens with zero attached hydrogens (tertiary/aromatic N) is 5. The lowest BCUT2D eigenvalue weighted by Crippen LogP contribution is -2.74. The summed E-state index contributed by atoms with van der Waals surface area (Å²) in [6.07, 6.45) is -3.16. The highest BCUT2D eigenvalue weighted by atomic mass is 19.4. The maximum Gasteiger partial charge on any atom is 0.417 e. The largest absolute Gasteiger partial charge is 0.489 e. The fourth-order valence-electron chi connectivity index (χ4n) is 10.4. The zero-order valence-corrected chi connectivity index (χ0v) is 34.5. The number of imide groups is 2. The van der Waals surface area contributed by atoms with Gasteiger partial charge in [0, 0.05) is 85.5 Å². The predicted molar refractivity (Wildman–Crippen MR) is 218 cm³/mol. The van der Waals surface area contributed by atoms with Crippen LogP contribution in [0.2, 0.25) is 0 Å². The van der Waals surface area contributed by atoms with Gasteiger partial charge in [0.25, 0.3) is 17.7 Å². The van der Waals surface area contributed by atoms with Crippen LogP contribution < -0.4 is 25.2 Å². The third kappa shape index (κ3) is 7.57. The van der Waals surface area contributed by atoms with Crippen molar-refractivity contribution in [2.75, 3.05) is 49.1 Å². The van der Waals surface area contributed by atoms with Gasteiger partial charge in [0.1, 0.15) is 17.9 Å². The minimum atomic E-state index is -4.70. The molecule has 61 heavy (non-hydrogen) atoms. The standard InChI is InChI=1S/C45H48F3N7O6/c1-43(2)41(44(3,4)42(43)61-31-11-7-27(25-49)34(24-31)45(46,47)48)51-37(57)26-5-8-28(9-6-26)53-19-21-54(22-20-53)29-15-17-52(18-16-29)30-10-12-32-33(23-30)40(60)55(39(32)59)35-13-14-36(56)50-38(35)58/h5-12,23-24,29,35,41-42H,13-22H2,1-4H3,(H,51,57)(H,50,56,58). The molecule has 1 unspecified atom stereocenters. The zero-order chi connectivity index (χ0) is 43.6. The molecule has 13 nitrogen and oxygen atoms in total. The van der Waals surface area contributed by atoms with E-state index in [-0.39, 0.29) is 41.7 Å². The summed E-state index contributed by atoms with van der Waals surface area (Å²) in [6.45, 7) is 12.6. The number of carbonyl (C=O) groups is 5. The van der Waals surface area contributed by atoms with E-state index in [2.05, 4.69) is 25.3 Å². The van der Waals surface area contributed by atoms with E-state index in [1.807, 2.05) is 58.0 Å². The van der Waals surface area contributed by atoms with Crippen LogP contribution in [0.5, 0.6) is 5.75 Å². The second-order valence-corrected chi connectivity index (χ2v) is 17.8. The summed E-state index contributed by atoms with van der Waals surface area (Å²) in [5, 5.41) is 14.5. The van der Waals surface area contributed by atoms with E-state index in [1.54, 1.807) is 18.2 Å². The smallest absolute Gasteiger partial charge is 0.417 e. The van der Waals surface area contributed by atoms with Crippen molar-refractivity contribution in [3.8, 4) is 11.8 Å². The van der Waals surface area contributed by atoms with Crippen molar-refractivity contribution in [2.45, 2.75) is 83.8 Å². The zero-order valence-electron chi connectivity index (χ0n) is 34.5. The average molecular weight is 840 g/mol. The molecule has 3 aromatic rings. The second-order valence-electron chi connectivity index (χ2n) is 17.8. The predicted octanol–water partition coefficient (Wildman–Crippen LogP) is 5.38. The lowest BCUT2D eigenvalue weighted by molar-refractivity contribution is -0.164. The number of rotatable bonds is 8. The molecule has 4 heterocycles. The van der Waals surface area contributed by atoms with Gasteiger partial charge in [0.05, 0.1) is 28.3 Å². The number of hydrogen-bond donors (Lipinski definition) is 2. The Morgan fingerprint density at radius 3 is 2.05 bits per heavy atom. The maximum atomic E-state index is 13.6.